The minimum absolute atomic E-state index is 0.0240. The largest absolute Gasteiger partial charge is 0.338 e. The van der Waals surface area contributed by atoms with Crippen LogP contribution < -0.4 is 0 Å². The minimum atomic E-state index is -0.119. The Balaban J connectivity index is 1.38. The first kappa shape index (κ1) is 19.7. The number of benzene rings is 2. The number of hydrogen-bond donors (Lipinski definition) is 0. The van der Waals surface area contributed by atoms with Crippen LogP contribution in [0.3, 0.4) is 0 Å². The van der Waals surface area contributed by atoms with E-state index in [0.29, 0.717) is 30.2 Å². The van der Waals surface area contributed by atoms with Crippen LogP contribution in [0, 0.1) is 5.92 Å². The van der Waals surface area contributed by atoms with E-state index in [9.17, 15) is 9.59 Å². The van der Waals surface area contributed by atoms with Crippen LogP contribution in [-0.2, 0) is 4.79 Å². The summed E-state index contributed by atoms with van der Waals surface area (Å²) in [6.45, 7) is 2.57. The Bertz CT molecular complexity index is 908. The van der Waals surface area contributed by atoms with Crippen LogP contribution in [0.1, 0.15) is 35.2 Å². The van der Waals surface area contributed by atoms with Gasteiger partial charge in [-0.1, -0.05) is 48.0 Å². The number of rotatable bonds is 3. The van der Waals surface area contributed by atoms with Gasteiger partial charge in [0.25, 0.3) is 5.91 Å². The van der Waals surface area contributed by atoms with Crippen molar-refractivity contribution in [1.29, 1.82) is 0 Å². The van der Waals surface area contributed by atoms with Gasteiger partial charge in [0, 0.05) is 36.8 Å². The van der Waals surface area contributed by atoms with Gasteiger partial charge in [0.1, 0.15) is 0 Å². The Labute approximate surface area is 176 Å². The molecule has 2 aromatic carbocycles. The quantitative estimate of drug-likeness (QED) is 0.749. The molecule has 29 heavy (non-hydrogen) atoms. The van der Waals surface area contributed by atoms with E-state index >= 15 is 0 Å². The fourth-order valence-electron chi connectivity index (χ4n) is 4.18. The average Bonchev–Trinajstić information content (AvgIpc) is 2.79. The first-order chi connectivity index (χ1) is 14.1. The summed E-state index contributed by atoms with van der Waals surface area (Å²) in [5.74, 6) is 0.0257. The van der Waals surface area contributed by atoms with E-state index < -0.39 is 0 Å². The van der Waals surface area contributed by atoms with E-state index in [4.69, 9.17) is 11.6 Å². The number of carbonyl (C=O) groups is 2. The van der Waals surface area contributed by atoms with E-state index in [0.717, 1.165) is 25.8 Å². The molecule has 1 fully saturated rings. The number of halogens is 1. The second-order valence-corrected chi connectivity index (χ2v) is 8.16. The third kappa shape index (κ3) is 4.54. The van der Waals surface area contributed by atoms with Crippen LogP contribution in [0.15, 0.2) is 60.7 Å². The maximum absolute atomic E-state index is 13.1. The molecule has 2 heterocycles. The number of carbonyl (C=O) groups excluding carboxylic acids is 2. The number of amides is 2. The SMILES string of the molecule is O=C(c1ccc(Cl)cc1)N1CCCC(C(=O)N2CC=C(c3ccccc3)CC2)C1. The molecule has 0 bridgehead atoms. The molecule has 1 saturated heterocycles. The zero-order valence-corrected chi connectivity index (χ0v) is 17.1. The summed E-state index contributed by atoms with van der Waals surface area (Å²) < 4.78 is 0. The Morgan fingerprint density at radius 3 is 2.38 bits per heavy atom. The monoisotopic (exact) mass is 408 g/mol. The minimum Gasteiger partial charge on any atom is -0.338 e. The molecule has 5 heteroatoms. The van der Waals surface area contributed by atoms with E-state index in [1.165, 1.54) is 11.1 Å². The molecule has 2 amide bonds. The van der Waals surface area contributed by atoms with Crippen LogP contribution in [0.2, 0.25) is 5.02 Å². The summed E-state index contributed by atoms with van der Waals surface area (Å²) in [4.78, 5) is 29.6. The second kappa shape index (κ2) is 8.83. The summed E-state index contributed by atoms with van der Waals surface area (Å²) in [6.07, 6.45) is 4.73. The van der Waals surface area contributed by atoms with Crippen molar-refractivity contribution in [1.82, 2.24) is 9.80 Å². The third-order valence-corrected chi connectivity index (χ3v) is 6.07. The smallest absolute Gasteiger partial charge is 0.253 e. The molecule has 4 nitrogen and oxygen atoms in total. The van der Waals surface area contributed by atoms with E-state index in [-0.39, 0.29) is 17.7 Å². The number of hydrogen-bond acceptors (Lipinski definition) is 2. The van der Waals surface area contributed by atoms with Crippen molar-refractivity contribution >= 4 is 29.0 Å². The molecule has 4 rings (SSSR count). The van der Waals surface area contributed by atoms with E-state index in [2.05, 4.69) is 18.2 Å². The van der Waals surface area contributed by atoms with Crippen molar-refractivity contribution in [2.45, 2.75) is 19.3 Å². The molecule has 0 spiro atoms. The van der Waals surface area contributed by atoms with E-state index in [1.807, 2.05) is 28.0 Å². The van der Waals surface area contributed by atoms with Gasteiger partial charge in [0.2, 0.25) is 5.91 Å². The fraction of sp³-hybridized carbons (Fsp3) is 0.333. The van der Waals surface area contributed by atoms with Gasteiger partial charge in [-0.25, -0.2) is 0 Å². The van der Waals surface area contributed by atoms with Crippen molar-refractivity contribution < 1.29 is 9.59 Å². The van der Waals surface area contributed by atoms with Crippen molar-refractivity contribution in [3.63, 3.8) is 0 Å². The van der Waals surface area contributed by atoms with Crippen LogP contribution in [-0.4, -0.2) is 47.8 Å². The molecule has 0 aliphatic carbocycles. The van der Waals surface area contributed by atoms with Crippen molar-refractivity contribution in [2.75, 3.05) is 26.2 Å². The third-order valence-electron chi connectivity index (χ3n) is 5.81. The Morgan fingerprint density at radius 2 is 1.69 bits per heavy atom. The van der Waals surface area contributed by atoms with Crippen molar-refractivity contribution in [2.24, 2.45) is 5.92 Å². The van der Waals surface area contributed by atoms with Crippen LogP contribution in [0.4, 0.5) is 0 Å². The van der Waals surface area contributed by atoms with Gasteiger partial charge in [0.05, 0.1) is 5.92 Å². The van der Waals surface area contributed by atoms with Gasteiger partial charge in [-0.3, -0.25) is 9.59 Å². The standard InChI is InChI=1S/C24H25ClN2O2/c25-22-10-8-20(9-11-22)23(28)27-14-4-7-21(17-27)24(29)26-15-12-19(13-16-26)18-5-2-1-3-6-18/h1-3,5-6,8-12,21H,4,7,13-17H2. The Kier molecular flexibility index (Phi) is 6.00. The Morgan fingerprint density at radius 1 is 0.931 bits per heavy atom. The first-order valence-electron chi connectivity index (χ1n) is 10.2. The lowest BCUT2D eigenvalue weighted by atomic mass is 9.94. The highest BCUT2D eigenvalue weighted by Gasteiger charge is 2.32. The summed E-state index contributed by atoms with van der Waals surface area (Å²) in [5, 5.41) is 0.612. The lowest BCUT2D eigenvalue weighted by molar-refractivity contribution is -0.136. The topological polar surface area (TPSA) is 40.6 Å². The molecule has 1 atom stereocenters. The molecule has 0 radical (unpaired) electrons. The summed E-state index contributed by atoms with van der Waals surface area (Å²) in [6, 6.07) is 17.3. The predicted molar refractivity (Wildman–Crippen MR) is 116 cm³/mol. The summed E-state index contributed by atoms with van der Waals surface area (Å²) in [7, 11) is 0. The molecule has 0 N–H and O–H groups in total. The summed E-state index contributed by atoms with van der Waals surface area (Å²) >= 11 is 5.92. The Hall–Kier alpha value is -2.59. The highest BCUT2D eigenvalue weighted by atomic mass is 35.5. The van der Waals surface area contributed by atoms with Crippen LogP contribution in [0.5, 0.6) is 0 Å². The average molecular weight is 409 g/mol. The van der Waals surface area contributed by atoms with Gasteiger partial charge in [-0.05, 0) is 54.7 Å². The fourth-order valence-corrected chi connectivity index (χ4v) is 4.31. The molecule has 2 aliphatic rings. The molecular weight excluding hydrogens is 384 g/mol. The highest BCUT2D eigenvalue weighted by molar-refractivity contribution is 6.30. The molecule has 2 aromatic rings. The van der Waals surface area contributed by atoms with Gasteiger partial charge in [-0.2, -0.15) is 0 Å². The molecule has 150 valence electrons. The number of nitrogens with zero attached hydrogens (tertiary/aromatic N) is 2. The van der Waals surface area contributed by atoms with Gasteiger partial charge in [-0.15, -0.1) is 0 Å². The molecular formula is C24H25ClN2O2. The van der Waals surface area contributed by atoms with Gasteiger partial charge >= 0.3 is 0 Å². The van der Waals surface area contributed by atoms with Crippen molar-refractivity contribution in [3.8, 4) is 0 Å². The maximum atomic E-state index is 13.1. The molecule has 1 unspecified atom stereocenters. The lowest BCUT2D eigenvalue weighted by Crippen LogP contribution is -2.47. The normalized spacial score (nSPS) is 19.6. The van der Waals surface area contributed by atoms with E-state index in [1.54, 1.807) is 24.3 Å². The zero-order chi connectivity index (χ0) is 20.2. The molecule has 2 aliphatic heterocycles. The molecule has 0 saturated carbocycles. The summed E-state index contributed by atoms with van der Waals surface area (Å²) in [5.41, 5.74) is 3.16. The maximum Gasteiger partial charge on any atom is 0.253 e. The lowest BCUT2D eigenvalue weighted by Gasteiger charge is -2.36. The zero-order valence-electron chi connectivity index (χ0n) is 16.4. The van der Waals surface area contributed by atoms with Crippen molar-refractivity contribution in [3.05, 3.63) is 76.8 Å². The van der Waals surface area contributed by atoms with Gasteiger partial charge < -0.3 is 9.80 Å². The number of likely N-dealkylation sites (tertiary alicyclic amines) is 1. The highest BCUT2D eigenvalue weighted by Crippen LogP contribution is 2.26. The first-order valence-corrected chi connectivity index (χ1v) is 10.6. The van der Waals surface area contributed by atoms with Gasteiger partial charge in [0.15, 0.2) is 0 Å². The van der Waals surface area contributed by atoms with Crippen LogP contribution in [0.25, 0.3) is 5.57 Å². The molecule has 0 aromatic heterocycles. The van der Waals surface area contributed by atoms with Crippen LogP contribution >= 0.6 is 11.6 Å². The number of piperidine rings is 1. The second-order valence-electron chi connectivity index (χ2n) is 7.73. The predicted octanol–water partition coefficient (Wildman–Crippen LogP) is 4.51.